The lowest BCUT2D eigenvalue weighted by molar-refractivity contribution is 0.255. The highest BCUT2D eigenvalue weighted by Crippen LogP contribution is 2.38. The lowest BCUT2D eigenvalue weighted by atomic mass is 9.91. The highest BCUT2D eigenvalue weighted by molar-refractivity contribution is 5.83. The fourth-order valence-electron chi connectivity index (χ4n) is 5.50. The van der Waals surface area contributed by atoms with E-state index >= 15 is 4.39 Å². The first-order chi connectivity index (χ1) is 17.3. The standard InChI is InChI=1S/C27H29F2N7/c1-27(2)9-6-23-33-25-19(28)12-18(13-21(25)36(23)27)24-20(29)15-31-26(34-24)32-22-5-4-17(14-30-22)16-7-10-35(3)11-8-16/h4-5,12-16H,6-11H2,1-3H3,(H,30,31,32,34). The van der Waals surface area contributed by atoms with Crippen LogP contribution in [0.2, 0.25) is 0 Å². The predicted octanol–water partition coefficient (Wildman–Crippen LogP) is 5.40. The molecule has 0 atom stereocenters. The van der Waals surface area contributed by atoms with Crippen LogP contribution in [0.4, 0.5) is 20.5 Å². The molecule has 1 saturated heterocycles. The van der Waals surface area contributed by atoms with Crippen LogP contribution in [0.15, 0.2) is 36.7 Å². The van der Waals surface area contributed by atoms with Crippen LogP contribution in [0.25, 0.3) is 22.3 Å². The van der Waals surface area contributed by atoms with E-state index < -0.39 is 11.6 Å². The molecule has 1 N–H and O–H groups in total. The lowest BCUT2D eigenvalue weighted by Gasteiger charge is -2.29. The molecule has 6 rings (SSSR count). The van der Waals surface area contributed by atoms with Crippen molar-refractivity contribution in [3.05, 3.63) is 59.7 Å². The van der Waals surface area contributed by atoms with Gasteiger partial charge >= 0.3 is 0 Å². The van der Waals surface area contributed by atoms with Crippen LogP contribution in [-0.4, -0.2) is 49.5 Å². The number of nitrogens with zero attached hydrogens (tertiary/aromatic N) is 6. The van der Waals surface area contributed by atoms with E-state index in [0.29, 0.717) is 28.3 Å². The predicted molar refractivity (Wildman–Crippen MR) is 135 cm³/mol. The summed E-state index contributed by atoms with van der Waals surface area (Å²) in [5.74, 6) is 1.03. The molecule has 3 aromatic heterocycles. The van der Waals surface area contributed by atoms with Gasteiger partial charge in [0, 0.05) is 23.7 Å². The Labute approximate surface area is 208 Å². The third kappa shape index (κ3) is 4.01. The maximum absolute atomic E-state index is 15.1. The zero-order valence-electron chi connectivity index (χ0n) is 20.7. The van der Waals surface area contributed by atoms with E-state index in [1.165, 1.54) is 11.6 Å². The molecule has 9 heteroatoms. The van der Waals surface area contributed by atoms with Gasteiger partial charge in [0.2, 0.25) is 5.95 Å². The van der Waals surface area contributed by atoms with Gasteiger partial charge in [0.15, 0.2) is 11.6 Å². The number of fused-ring (bicyclic) bond motifs is 3. The third-order valence-electron chi connectivity index (χ3n) is 7.58. The van der Waals surface area contributed by atoms with Crippen LogP contribution in [0.1, 0.15) is 50.4 Å². The van der Waals surface area contributed by atoms with Gasteiger partial charge in [0.1, 0.15) is 22.9 Å². The molecule has 186 valence electrons. The van der Waals surface area contributed by atoms with Gasteiger partial charge in [-0.1, -0.05) is 6.07 Å². The number of imidazole rings is 1. The van der Waals surface area contributed by atoms with Gasteiger partial charge in [0.25, 0.3) is 0 Å². The molecule has 7 nitrogen and oxygen atoms in total. The summed E-state index contributed by atoms with van der Waals surface area (Å²) in [6, 6.07) is 7.03. The van der Waals surface area contributed by atoms with Crippen molar-refractivity contribution in [2.45, 2.75) is 51.0 Å². The fraction of sp³-hybridized carbons (Fsp3) is 0.407. The average molecular weight is 490 g/mol. The summed E-state index contributed by atoms with van der Waals surface area (Å²) < 4.78 is 32.0. The zero-order valence-corrected chi connectivity index (χ0v) is 20.7. The van der Waals surface area contributed by atoms with Gasteiger partial charge in [0.05, 0.1) is 11.7 Å². The molecule has 2 aliphatic rings. The Kier molecular flexibility index (Phi) is 5.48. The van der Waals surface area contributed by atoms with Crippen molar-refractivity contribution in [3.63, 3.8) is 0 Å². The van der Waals surface area contributed by atoms with Crippen LogP contribution >= 0.6 is 0 Å². The topological polar surface area (TPSA) is 71.8 Å². The fourth-order valence-corrected chi connectivity index (χ4v) is 5.50. The van der Waals surface area contributed by atoms with Crippen molar-refractivity contribution in [3.8, 4) is 11.3 Å². The van der Waals surface area contributed by atoms with Gasteiger partial charge in [-0.2, -0.15) is 0 Å². The molecule has 1 aromatic carbocycles. The van der Waals surface area contributed by atoms with E-state index in [2.05, 4.69) is 61.7 Å². The molecule has 5 heterocycles. The van der Waals surface area contributed by atoms with Crippen molar-refractivity contribution >= 4 is 22.8 Å². The second kappa shape index (κ2) is 8.58. The first kappa shape index (κ1) is 23.0. The smallest absolute Gasteiger partial charge is 0.229 e. The second-order valence-corrected chi connectivity index (χ2v) is 10.6. The first-order valence-electron chi connectivity index (χ1n) is 12.4. The SMILES string of the molecule is CN1CCC(c2ccc(Nc3ncc(F)c(-c4cc(F)c5nc6n(c5c4)C(C)(C)CC6)n3)nc2)CC1. The summed E-state index contributed by atoms with van der Waals surface area (Å²) in [5, 5.41) is 3.06. The maximum Gasteiger partial charge on any atom is 0.229 e. The number of hydrogen-bond acceptors (Lipinski definition) is 6. The van der Waals surface area contributed by atoms with Crippen molar-refractivity contribution in [2.75, 3.05) is 25.5 Å². The van der Waals surface area contributed by atoms with Gasteiger partial charge in [-0.3, -0.25) is 0 Å². The summed E-state index contributed by atoms with van der Waals surface area (Å²) in [4.78, 5) is 19.8. The Morgan fingerprint density at radius 2 is 1.81 bits per heavy atom. The molecular formula is C27H29F2N7. The van der Waals surface area contributed by atoms with Crippen LogP contribution in [0, 0.1) is 11.6 Å². The monoisotopic (exact) mass is 489 g/mol. The number of aromatic nitrogens is 5. The third-order valence-corrected chi connectivity index (χ3v) is 7.58. The number of halogens is 2. The quantitative estimate of drug-likeness (QED) is 0.414. The van der Waals surface area contributed by atoms with Gasteiger partial charge in [-0.05, 0) is 82.9 Å². The van der Waals surface area contributed by atoms with Crippen molar-refractivity contribution in [1.29, 1.82) is 0 Å². The van der Waals surface area contributed by atoms with E-state index in [1.807, 2.05) is 12.3 Å². The molecule has 4 aromatic rings. The van der Waals surface area contributed by atoms with Crippen molar-refractivity contribution in [2.24, 2.45) is 0 Å². The van der Waals surface area contributed by atoms with Crippen LogP contribution in [0.5, 0.6) is 0 Å². The summed E-state index contributed by atoms with van der Waals surface area (Å²) in [6.07, 6.45) is 6.94. The minimum atomic E-state index is -0.620. The minimum Gasteiger partial charge on any atom is -0.322 e. The van der Waals surface area contributed by atoms with Gasteiger partial charge in [-0.25, -0.2) is 28.7 Å². The molecular weight excluding hydrogens is 460 g/mol. The number of hydrogen-bond donors (Lipinski definition) is 1. The zero-order chi connectivity index (χ0) is 25.0. The number of nitrogens with one attached hydrogen (secondary N) is 1. The van der Waals surface area contributed by atoms with Crippen LogP contribution in [0.3, 0.4) is 0 Å². The van der Waals surface area contributed by atoms with E-state index in [-0.39, 0.29) is 17.2 Å². The summed E-state index contributed by atoms with van der Waals surface area (Å²) in [7, 11) is 2.15. The van der Waals surface area contributed by atoms with E-state index in [0.717, 1.165) is 50.8 Å². The number of pyridine rings is 1. The number of anilines is 2. The molecule has 0 bridgehead atoms. The summed E-state index contributed by atoms with van der Waals surface area (Å²) in [6.45, 7) is 6.38. The van der Waals surface area contributed by atoms with E-state index in [4.69, 9.17) is 0 Å². The molecule has 1 fully saturated rings. The van der Waals surface area contributed by atoms with Crippen LogP contribution < -0.4 is 5.32 Å². The van der Waals surface area contributed by atoms with Crippen molar-refractivity contribution in [1.82, 2.24) is 29.4 Å². The van der Waals surface area contributed by atoms with Gasteiger partial charge in [-0.15, -0.1) is 0 Å². The lowest BCUT2D eigenvalue weighted by Crippen LogP contribution is -2.29. The molecule has 0 radical (unpaired) electrons. The molecule has 0 amide bonds. The normalized spacial score (nSPS) is 18.0. The summed E-state index contributed by atoms with van der Waals surface area (Å²) >= 11 is 0. The van der Waals surface area contributed by atoms with E-state index in [9.17, 15) is 4.39 Å². The highest BCUT2D eigenvalue weighted by atomic mass is 19.1. The molecule has 0 saturated carbocycles. The largest absolute Gasteiger partial charge is 0.322 e. The molecule has 0 unspecified atom stereocenters. The molecule has 2 aliphatic heterocycles. The second-order valence-electron chi connectivity index (χ2n) is 10.6. The van der Waals surface area contributed by atoms with E-state index in [1.54, 1.807) is 6.07 Å². The highest BCUT2D eigenvalue weighted by Gasteiger charge is 2.33. The Hall–Kier alpha value is -3.46. The number of likely N-dealkylation sites (tertiary alicyclic amines) is 1. The Bertz CT molecular complexity index is 1440. The summed E-state index contributed by atoms with van der Waals surface area (Å²) in [5.41, 5.74) is 2.37. The maximum atomic E-state index is 15.1. The first-order valence-corrected chi connectivity index (χ1v) is 12.4. The Morgan fingerprint density at radius 3 is 2.56 bits per heavy atom. The number of aryl methyl sites for hydroxylation is 1. The molecule has 0 aliphatic carbocycles. The van der Waals surface area contributed by atoms with Gasteiger partial charge < -0.3 is 14.8 Å². The number of benzene rings is 1. The Balaban J connectivity index is 1.29. The number of piperidine rings is 1. The molecule has 0 spiro atoms. The van der Waals surface area contributed by atoms with Crippen LogP contribution in [-0.2, 0) is 12.0 Å². The Morgan fingerprint density at radius 1 is 1.00 bits per heavy atom. The minimum absolute atomic E-state index is 0.0302. The van der Waals surface area contributed by atoms with Crippen molar-refractivity contribution < 1.29 is 8.78 Å². The molecule has 36 heavy (non-hydrogen) atoms. The number of rotatable bonds is 4. The average Bonchev–Trinajstić information content (AvgIpc) is 3.39.